The molecule has 3 aliphatic heterocycles. The molecule has 3 N–H and O–H groups in total. The van der Waals surface area contributed by atoms with E-state index < -0.39 is 5.97 Å². The van der Waals surface area contributed by atoms with Gasteiger partial charge >= 0.3 is 5.97 Å². The SMILES string of the molecule is O=C(O)C1=C2NNCC2C2CN1C=N2. The van der Waals surface area contributed by atoms with Crippen LogP contribution in [-0.4, -0.2) is 41.4 Å². The van der Waals surface area contributed by atoms with E-state index in [1.54, 1.807) is 11.2 Å². The van der Waals surface area contributed by atoms with Crippen LogP contribution in [0.1, 0.15) is 0 Å². The molecule has 0 aromatic carbocycles. The van der Waals surface area contributed by atoms with Crippen molar-refractivity contribution in [3.05, 3.63) is 11.4 Å². The molecular formula is C8H10N4O2. The summed E-state index contributed by atoms with van der Waals surface area (Å²) >= 11 is 0. The third-order valence-corrected chi connectivity index (χ3v) is 2.91. The van der Waals surface area contributed by atoms with Gasteiger partial charge in [0.1, 0.15) is 5.70 Å². The van der Waals surface area contributed by atoms with Gasteiger partial charge in [0.25, 0.3) is 0 Å². The fourth-order valence-corrected chi connectivity index (χ4v) is 2.25. The summed E-state index contributed by atoms with van der Waals surface area (Å²) in [5.41, 5.74) is 6.98. The number of nitrogens with one attached hydrogen (secondary N) is 2. The smallest absolute Gasteiger partial charge is 0.354 e. The quantitative estimate of drug-likeness (QED) is 0.485. The van der Waals surface area contributed by atoms with Crippen molar-refractivity contribution in [3.8, 4) is 0 Å². The molecule has 0 saturated carbocycles. The van der Waals surface area contributed by atoms with Crippen molar-refractivity contribution in [2.24, 2.45) is 10.9 Å². The van der Waals surface area contributed by atoms with E-state index in [4.69, 9.17) is 5.11 Å². The van der Waals surface area contributed by atoms with Gasteiger partial charge in [0.15, 0.2) is 0 Å². The van der Waals surface area contributed by atoms with Gasteiger partial charge in [0, 0.05) is 19.0 Å². The highest BCUT2D eigenvalue weighted by molar-refractivity contribution is 5.91. The molecule has 0 amide bonds. The topological polar surface area (TPSA) is 77.0 Å². The Morgan fingerprint density at radius 2 is 2.57 bits per heavy atom. The van der Waals surface area contributed by atoms with Crippen LogP contribution in [0.5, 0.6) is 0 Å². The summed E-state index contributed by atoms with van der Waals surface area (Å²) in [4.78, 5) is 17.0. The lowest BCUT2D eigenvalue weighted by Gasteiger charge is -2.27. The molecule has 6 nitrogen and oxygen atoms in total. The molecule has 2 unspecified atom stereocenters. The monoisotopic (exact) mass is 194 g/mol. The number of carbonyl (C=O) groups is 1. The Labute approximate surface area is 80.3 Å². The van der Waals surface area contributed by atoms with Crippen LogP contribution in [0, 0.1) is 5.92 Å². The summed E-state index contributed by atoms with van der Waals surface area (Å²) in [6, 6.07) is 0.204. The summed E-state index contributed by atoms with van der Waals surface area (Å²) < 4.78 is 0. The fraction of sp³-hybridized carbons (Fsp3) is 0.500. The average Bonchev–Trinajstić information content (AvgIpc) is 2.73. The molecule has 14 heavy (non-hydrogen) atoms. The molecule has 1 saturated heterocycles. The number of nitrogens with zero attached hydrogens (tertiary/aromatic N) is 2. The van der Waals surface area contributed by atoms with Gasteiger partial charge in [-0.2, -0.15) is 0 Å². The first kappa shape index (κ1) is 7.81. The minimum atomic E-state index is -0.895. The number of rotatable bonds is 1. The number of carboxylic acid groups (broad SMARTS) is 1. The molecule has 74 valence electrons. The van der Waals surface area contributed by atoms with Gasteiger partial charge in [-0.15, -0.1) is 0 Å². The van der Waals surface area contributed by atoms with E-state index in [1.807, 2.05) is 0 Å². The van der Waals surface area contributed by atoms with Crippen LogP contribution in [-0.2, 0) is 4.79 Å². The van der Waals surface area contributed by atoms with Crippen LogP contribution in [0.15, 0.2) is 16.4 Å². The number of aliphatic carboxylic acids is 1. The standard InChI is InChI=1S/C8H10N4O2/c13-8(14)7-6-4(1-10-11-6)5-2-12(7)3-9-5/h3-5,10-11H,1-2H2,(H,13,14). The second kappa shape index (κ2) is 2.48. The molecule has 3 aliphatic rings. The predicted octanol–water partition coefficient (Wildman–Crippen LogP) is -1.27. The molecule has 1 fully saturated rings. The number of hydrazine groups is 1. The Hall–Kier alpha value is -1.56. The first-order valence-electron chi connectivity index (χ1n) is 4.53. The first-order valence-corrected chi connectivity index (χ1v) is 4.53. The highest BCUT2D eigenvalue weighted by Crippen LogP contribution is 2.32. The van der Waals surface area contributed by atoms with Crippen LogP contribution in [0.4, 0.5) is 0 Å². The van der Waals surface area contributed by atoms with E-state index >= 15 is 0 Å². The van der Waals surface area contributed by atoms with Gasteiger partial charge < -0.3 is 15.4 Å². The Kier molecular flexibility index (Phi) is 1.38. The Morgan fingerprint density at radius 3 is 3.36 bits per heavy atom. The minimum absolute atomic E-state index is 0.191. The minimum Gasteiger partial charge on any atom is -0.477 e. The molecule has 0 aromatic rings. The van der Waals surface area contributed by atoms with Crippen LogP contribution < -0.4 is 10.9 Å². The molecule has 0 radical (unpaired) electrons. The number of hydrogen-bond donors (Lipinski definition) is 3. The van der Waals surface area contributed by atoms with Crippen LogP contribution in [0.2, 0.25) is 0 Å². The van der Waals surface area contributed by atoms with E-state index in [9.17, 15) is 4.79 Å². The zero-order valence-electron chi connectivity index (χ0n) is 7.40. The van der Waals surface area contributed by atoms with Crippen molar-refractivity contribution < 1.29 is 9.90 Å². The van der Waals surface area contributed by atoms with Gasteiger partial charge in [-0.25, -0.2) is 10.2 Å². The highest BCUT2D eigenvalue weighted by atomic mass is 16.4. The van der Waals surface area contributed by atoms with Crippen molar-refractivity contribution in [1.29, 1.82) is 0 Å². The van der Waals surface area contributed by atoms with Gasteiger partial charge in [0.05, 0.1) is 18.1 Å². The van der Waals surface area contributed by atoms with Crippen molar-refractivity contribution in [1.82, 2.24) is 15.8 Å². The molecule has 0 aromatic heterocycles. The Balaban J connectivity index is 2.12. The van der Waals surface area contributed by atoms with Gasteiger partial charge in [-0.1, -0.05) is 0 Å². The zero-order valence-corrected chi connectivity index (χ0v) is 7.40. The molecule has 0 spiro atoms. The van der Waals surface area contributed by atoms with Crippen LogP contribution >= 0.6 is 0 Å². The van der Waals surface area contributed by atoms with E-state index in [-0.39, 0.29) is 12.0 Å². The van der Waals surface area contributed by atoms with Gasteiger partial charge in [0.2, 0.25) is 0 Å². The average molecular weight is 194 g/mol. The molecule has 0 aliphatic carbocycles. The maximum absolute atomic E-state index is 11.1. The number of carboxylic acids is 1. The lowest BCUT2D eigenvalue weighted by molar-refractivity contribution is -0.134. The van der Waals surface area contributed by atoms with E-state index in [2.05, 4.69) is 15.8 Å². The second-order valence-electron chi connectivity index (χ2n) is 3.66. The summed E-state index contributed by atoms with van der Waals surface area (Å²) in [6.45, 7) is 1.45. The molecule has 3 rings (SSSR count). The molecular weight excluding hydrogens is 184 g/mol. The normalized spacial score (nSPS) is 33.3. The van der Waals surface area contributed by atoms with E-state index in [0.29, 0.717) is 12.2 Å². The molecule has 2 atom stereocenters. The van der Waals surface area contributed by atoms with Crippen molar-refractivity contribution >= 4 is 12.3 Å². The van der Waals surface area contributed by atoms with Crippen molar-refractivity contribution in [3.63, 3.8) is 0 Å². The maximum Gasteiger partial charge on any atom is 0.354 e. The van der Waals surface area contributed by atoms with E-state index in [0.717, 1.165) is 12.2 Å². The molecule has 3 heterocycles. The number of aliphatic imine (C=N–C) groups is 1. The van der Waals surface area contributed by atoms with Crippen LogP contribution in [0.3, 0.4) is 0 Å². The fourth-order valence-electron chi connectivity index (χ4n) is 2.25. The Morgan fingerprint density at radius 1 is 1.71 bits per heavy atom. The summed E-state index contributed by atoms with van der Waals surface area (Å²) in [5, 5.41) is 9.08. The maximum atomic E-state index is 11.1. The molecule has 2 bridgehead atoms. The summed E-state index contributed by atoms with van der Waals surface area (Å²) in [6.07, 6.45) is 1.63. The third kappa shape index (κ3) is 0.832. The lowest BCUT2D eigenvalue weighted by Crippen LogP contribution is -2.39. The predicted molar refractivity (Wildman–Crippen MR) is 48.3 cm³/mol. The van der Waals surface area contributed by atoms with E-state index in [1.165, 1.54) is 0 Å². The van der Waals surface area contributed by atoms with Gasteiger partial charge in [-0.05, 0) is 0 Å². The van der Waals surface area contributed by atoms with Crippen molar-refractivity contribution in [2.45, 2.75) is 6.04 Å². The van der Waals surface area contributed by atoms with Gasteiger partial charge in [-0.3, -0.25) is 4.99 Å². The zero-order chi connectivity index (χ0) is 9.71. The lowest BCUT2D eigenvalue weighted by atomic mass is 9.93. The summed E-state index contributed by atoms with van der Waals surface area (Å²) in [5.74, 6) is -0.705. The third-order valence-electron chi connectivity index (χ3n) is 2.91. The largest absolute Gasteiger partial charge is 0.477 e. The summed E-state index contributed by atoms with van der Waals surface area (Å²) in [7, 11) is 0. The van der Waals surface area contributed by atoms with Crippen molar-refractivity contribution in [2.75, 3.05) is 13.1 Å². The molecule has 6 heteroatoms. The second-order valence-corrected chi connectivity index (χ2v) is 3.66. The van der Waals surface area contributed by atoms with Crippen LogP contribution in [0.25, 0.3) is 0 Å². The Bertz CT molecular complexity index is 362. The first-order chi connectivity index (χ1) is 6.77. The number of hydrogen-bond acceptors (Lipinski definition) is 5. The number of fused-ring (bicyclic) bond motifs is 4. The highest BCUT2D eigenvalue weighted by Gasteiger charge is 2.42.